The smallest absolute Gasteiger partial charge is 0.212 e. The highest BCUT2D eigenvalue weighted by Gasteiger charge is 2.29. The second kappa shape index (κ2) is 5.65. The largest absolute Gasteiger partial charge is 0.214 e. The number of sulfonamides is 1. The van der Waals surface area contributed by atoms with Crippen LogP contribution in [-0.4, -0.2) is 31.6 Å². The average molecular weight is 244 g/mol. The Hall–Kier alpha value is -0.600. The molecule has 0 atom stereocenters. The van der Waals surface area contributed by atoms with Gasteiger partial charge in [-0.3, -0.25) is 0 Å². The Kier molecular flexibility index (Phi) is 4.75. The predicted octanol–water partition coefficient (Wildman–Crippen LogP) is 1.74. The Morgan fingerprint density at radius 2 is 1.88 bits per heavy atom. The van der Waals surface area contributed by atoms with Crippen molar-refractivity contribution in [2.24, 2.45) is 5.92 Å². The van der Waals surface area contributed by atoms with Gasteiger partial charge in [0, 0.05) is 19.0 Å². The minimum Gasteiger partial charge on any atom is -0.212 e. The van der Waals surface area contributed by atoms with Gasteiger partial charge in [-0.1, -0.05) is 6.92 Å². The van der Waals surface area contributed by atoms with Gasteiger partial charge in [0.1, 0.15) is 0 Å². The highest BCUT2D eigenvalue weighted by Crippen LogP contribution is 2.27. The standard InChI is InChI=1S/C11H20N2O2S/c1-3-8-16(14,15)13(2)11-6-4-10(9-12)5-7-11/h10-11H,3-8H2,1-2H3. The fraction of sp³-hybridized carbons (Fsp3) is 0.909. The molecular weight excluding hydrogens is 224 g/mol. The van der Waals surface area contributed by atoms with Crippen molar-refractivity contribution in [1.82, 2.24) is 4.31 Å². The quantitative estimate of drug-likeness (QED) is 0.756. The molecule has 0 radical (unpaired) electrons. The third-order valence-corrected chi connectivity index (χ3v) is 5.39. The van der Waals surface area contributed by atoms with Gasteiger partial charge in [-0.2, -0.15) is 5.26 Å². The van der Waals surface area contributed by atoms with Crippen LogP contribution in [0.15, 0.2) is 0 Å². The maximum Gasteiger partial charge on any atom is 0.214 e. The molecule has 0 saturated heterocycles. The lowest BCUT2D eigenvalue weighted by Crippen LogP contribution is -2.40. The van der Waals surface area contributed by atoms with E-state index in [1.165, 1.54) is 4.31 Å². The van der Waals surface area contributed by atoms with Gasteiger partial charge in [-0.25, -0.2) is 12.7 Å². The second-order valence-electron chi connectivity index (χ2n) is 4.47. The molecule has 92 valence electrons. The number of hydrogen-bond acceptors (Lipinski definition) is 3. The number of rotatable bonds is 4. The van der Waals surface area contributed by atoms with Crippen LogP contribution in [-0.2, 0) is 10.0 Å². The van der Waals surface area contributed by atoms with E-state index in [1.807, 2.05) is 6.92 Å². The zero-order valence-electron chi connectivity index (χ0n) is 10.0. The van der Waals surface area contributed by atoms with Gasteiger partial charge in [-0.05, 0) is 32.1 Å². The van der Waals surface area contributed by atoms with Crippen LogP contribution in [0.25, 0.3) is 0 Å². The van der Waals surface area contributed by atoms with Crippen molar-refractivity contribution in [1.29, 1.82) is 5.26 Å². The van der Waals surface area contributed by atoms with Gasteiger partial charge in [-0.15, -0.1) is 0 Å². The summed E-state index contributed by atoms with van der Waals surface area (Å²) in [7, 11) is -1.41. The summed E-state index contributed by atoms with van der Waals surface area (Å²) >= 11 is 0. The highest BCUT2D eigenvalue weighted by molar-refractivity contribution is 7.89. The van der Waals surface area contributed by atoms with E-state index in [0.717, 1.165) is 25.7 Å². The van der Waals surface area contributed by atoms with Gasteiger partial charge in [0.2, 0.25) is 10.0 Å². The van der Waals surface area contributed by atoms with Gasteiger partial charge in [0.05, 0.1) is 11.8 Å². The molecule has 0 heterocycles. The van der Waals surface area contributed by atoms with Crippen LogP contribution in [0.1, 0.15) is 39.0 Å². The normalized spacial score (nSPS) is 26.6. The maximum absolute atomic E-state index is 11.8. The molecule has 0 unspecified atom stereocenters. The second-order valence-corrected chi connectivity index (χ2v) is 6.61. The van der Waals surface area contributed by atoms with Crippen molar-refractivity contribution in [2.45, 2.75) is 45.1 Å². The van der Waals surface area contributed by atoms with Crippen LogP contribution in [0.3, 0.4) is 0 Å². The average Bonchev–Trinajstić information content (AvgIpc) is 2.28. The van der Waals surface area contributed by atoms with E-state index in [4.69, 9.17) is 5.26 Å². The van der Waals surface area contributed by atoms with E-state index < -0.39 is 10.0 Å². The fourth-order valence-corrected chi connectivity index (χ4v) is 3.67. The summed E-state index contributed by atoms with van der Waals surface area (Å²) in [5.74, 6) is 0.348. The summed E-state index contributed by atoms with van der Waals surface area (Å²) in [6.45, 7) is 1.87. The third-order valence-electron chi connectivity index (χ3n) is 3.29. The Labute approximate surface area is 98.3 Å². The SMILES string of the molecule is CCCS(=O)(=O)N(C)C1CCC(C#N)CC1. The summed E-state index contributed by atoms with van der Waals surface area (Å²) < 4.78 is 25.2. The van der Waals surface area contributed by atoms with E-state index >= 15 is 0 Å². The summed E-state index contributed by atoms with van der Waals surface area (Å²) in [5, 5.41) is 8.78. The first-order valence-electron chi connectivity index (χ1n) is 5.86. The molecule has 1 aliphatic carbocycles. The van der Waals surface area contributed by atoms with Crippen LogP contribution >= 0.6 is 0 Å². The zero-order valence-corrected chi connectivity index (χ0v) is 10.8. The topological polar surface area (TPSA) is 61.2 Å². The van der Waals surface area contributed by atoms with Crippen LogP contribution < -0.4 is 0 Å². The van der Waals surface area contributed by atoms with Crippen LogP contribution in [0.5, 0.6) is 0 Å². The predicted molar refractivity (Wildman–Crippen MR) is 63.2 cm³/mol. The van der Waals surface area contributed by atoms with Gasteiger partial charge in [0.25, 0.3) is 0 Å². The molecule has 4 nitrogen and oxygen atoms in total. The lowest BCUT2D eigenvalue weighted by Gasteiger charge is -2.31. The van der Waals surface area contributed by atoms with E-state index in [-0.39, 0.29) is 17.7 Å². The molecule has 0 aromatic carbocycles. The fourth-order valence-electron chi connectivity index (χ4n) is 2.20. The molecule has 1 rings (SSSR count). The Morgan fingerprint density at radius 3 is 2.31 bits per heavy atom. The summed E-state index contributed by atoms with van der Waals surface area (Å²) in [4.78, 5) is 0. The molecule has 0 spiro atoms. The van der Waals surface area contributed by atoms with Gasteiger partial charge < -0.3 is 0 Å². The van der Waals surface area contributed by atoms with Crippen LogP contribution in [0, 0.1) is 17.2 Å². The summed E-state index contributed by atoms with van der Waals surface area (Å²) in [5.41, 5.74) is 0. The molecule has 1 aliphatic rings. The Morgan fingerprint density at radius 1 is 1.31 bits per heavy atom. The van der Waals surface area contributed by atoms with E-state index in [1.54, 1.807) is 7.05 Å². The molecule has 1 fully saturated rings. The highest BCUT2D eigenvalue weighted by atomic mass is 32.2. The maximum atomic E-state index is 11.8. The van der Waals surface area contributed by atoms with Gasteiger partial charge >= 0.3 is 0 Å². The van der Waals surface area contributed by atoms with Crippen LogP contribution in [0.2, 0.25) is 0 Å². The van der Waals surface area contributed by atoms with Crippen molar-refractivity contribution in [2.75, 3.05) is 12.8 Å². The van der Waals surface area contributed by atoms with Crippen molar-refractivity contribution in [3.05, 3.63) is 0 Å². The first-order valence-corrected chi connectivity index (χ1v) is 7.47. The molecule has 0 aromatic rings. The lowest BCUT2D eigenvalue weighted by atomic mass is 9.87. The molecule has 16 heavy (non-hydrogen) atoms. The minimum absolute atomic E-state index is 0.0983. The number of hydrogen-bond donors (Lipinski definition) is 0. The Balaban J connectivity index is 2.57. The minimum atomic E-state index is -3.08. The molecule has 0 amide bonds. The first kappa shape index (κ1) is 13.5. The molecule has 0 aliphatic heterocycles. The molecular formula is C11H20N2O2S. The van der Waals surface area contributed by atoms with Crippen molar-refractivity contribution in [3.63, 3.8) is 0 Å². The molecule has 0 bridgehead atoms. The Bertz CT molecular complexity index is 351. The lowest BCUT2D eigenvalue weighted by molar-refractivity contribution is 0.261. The van der Waals surface area contributed by atoms with E-state index in [0.29, 0.717) is 6.42 Å². The van der Waals surface area contributed by atoms with E-state index in [2.05, 4.69) is 6.07 Å². The van der Waals surface area contributed by atoms with Crippen molar-refractivity contribution in [3.8, 4) is 6.07 Å². The molecule has 1 saturated carbocycles. The zero-order chi connectivity index (χ0) is 12.2. The third kappa shape index (κ3) is 3.19. The molecule has 0 aromatic heterocycles. The first-order chi connectivity index (χ1) is 7.51. The number of nitriles is 1. The van der Waals surface area contributed by atoms with Crippen LogP contribution in [0.4, 0.5) is 0 Å². The van der Waals surface area contributed by atoms with Crippen molar-refractivity contribution < 1.29 is 8.42 Å². The van der Waals surface area contributed by atoms with Gasteiger partial charge in [0.15, 0.2) is 0 Å². The molecule has 5 heteroatoms. The van der Waals surface area contributed by atoms with Crippen molar-refractivity contribution >= 4 is 10.0 Å². The monoisotopic (exact) mass is 244 g/mol. The molecule has 0 N–H and O–H groups in total. The summed E-state index contributed by atoms with van der Waals surface area (Å²) in [6, 6.07) is 2.36. The summed E-state index contributed by atoms with van der Waals surface area (Å²) in [6.07, 6.45) is 3.94. The number of nitrogens with zero attached hydrogens (tertiary/aromatic N) is 2. The van der Waals surface area contributed by atoms with E-state index in [9.17, 15) is 8.42 Å².